The molecule has 0 fully saturated rings. The second-order valence-electron chi connectivity index (χ2n) is 6.68. The van der Waals surface area contributed by atoms with Gasteiger partial charge in [0.15, 0.2) is 11.6 Å². The van der Waals surface area contributed by atoms with E-state index in [1.165, 1.54) is 0 Å². The lowest BCUT2D eigenvalue weighted by Gasteiger charge is -2.10. The molecule has 2 aromatic heterocycles. The molecule has 0 bridgehead atoms. The van der Waals surface area contributed by atoms with Crippen LogP contribution >= 0.6 is 11.6 Å². The number of benzene rings is 1. The van der Waals surface area contributed by atoms with Crippen LogP contribution in [0, 0.1) is 25.2 Å². The minimum Gasteiger partial charge on any atom is -0.382 e. The Balaban J connectivity index is 1.96. The van der Waals surface area contributed by atoms with Gasteiger partial charge in [-0.15, -0.1) is 0 Å². The van der Waals surface area contributed by atoms with Crippen LogP contribution in [0.4, 0.5) is 5.82 Å². The van der Waals surface area contributed by atoms with Gasteiger partial charge in [0.05, 0.1) is 17.1 Å². The van der Waals surface area contributed by atoms with Gasteiger partial charge in [0.25, 0.3) is 0 Å². The summed E-state index contributed by atoms with van der Waals surface area (Å²) in [5.41, 5.74) is 11.7. The van der Waals surface area contributed by atoms with Gasteiger partial charge in [0, 0.05) is 34.3 Å². The zero-order chi connectivity index (χ0) is 21.8. The second kappa shape index (κ2) is 8.76. The van der Waals surface area contributed by atoms with Crippen LogP contribution in [0.2, 0.25) is 5.02 Å². The third-order valence-corrected chi connectivity index (χ3v) is 5.10. The molecule has 0 unspecified atom stereocenters. The Bertz CT molecular complexity index is 1210. The van der Waals surface area contributed by atoms with Crippen molar-refractivity contribution in [2.75, 3.05) is 5.73 Å². The summed E-state index contributed by atoms with van der Waals surface area (Å²) in [6.45, 7) is 11.8. The average Bonchev–Trinajstić information content (AvgIpc) is 3.00. The van der Waals surface area contributed by atoms with E-state index in [2.05, 4.69) is 34.3 Å². The van der Waals surface area contributed by atoms with Crippen molar-refractivity contribution in [1.29, 1.82) is 5.26 Å². The first-order valence-electron chi connectivity index (χ1n) is 9.20. The number of hydrogen-bond donors (Lipinski definition) is 1. The minimum absolute atomic E-state index is 0.381. The SMILES string of the molecule is C=C/C=C(\C=C)c1ncc(Cn2nc(N)c(-c3ccc(C#N)c(Cl)c3)c2C)c(C)n1. The predicted molar refractivity (Wildman–Crippen MR) is 121 cm³/mol. The molecule has 0 spiro atoms. The van der Waals surface area contributed by atoms with Crippen LogP contribution in [0.5, 0.6) is 0 Å². The van der Waals surface area contributed by atoms with Gasteiger partial charge in [0.2, 0.25) is 0 Å². The molecule has 6 nitrogen and oxygen atoms in total. The lowest BCUT2D eigenvalue weighted by atomic mass is 10.0. The quantitative estimate of drug-likeness (QED) is 0.578. The van der Waals surface area contributed by atoms with Crippen molar-refractivity contribution >= 4 is 23.0 Å². The number of anilines is 1. The fourth-order valence-corrected chi connectivity index (χ4v) is 3.37. The monoisotopic (exact) mass is 416 g/mol. The summed E-state index contributed by atoms with van der Waals surface area (Å²) in [6.07, 6.45) is 6.97. The van der Waals surface area contributed by atoms with E-state index in [0.29, 0.717) is 28.8 Å². The fourth-order valence-electron chi connectivity index (χ4n) is 3.15. The molecular weight excluding hydrogens is 396 g/mol. The molecule has 0 amide bonds. The number of halogens is 1. The van der Waals surface area contributed by atoms with E-state index in [9.17, 15) is 0 Å². The molecule has 30 heavy (non-hydrogen) atoms. The van der Waals surface area contributed by atoms with Crippen molar-refractivity contribution in [1.82, 2.24) is 19.7 Å². The Morgan fingerprint density at radius 2 is 2.10 bits per heavy atom. The van der Waals surface area contributed by atoms with Crippen molar-refractivity contribution in [3.63, 3.8) is 0 Å². The Morgan fingerprint density at radius 3 is 2.70 bits per heavy atom. The van der Waals surface area contributed by atoms with E-state index in [4.69, 9.17) is 22.6 Å². The van der Waals surface area contributed by atoms with Crippen molar-refractivity contribution < 1.29 is 0 Å². The maximum absolute atomic E-state index is 9.08. The summed E-state index contributed by atoms with van der Waals surface area (Å²) >= 11 is 6.19. The molecule has 3 rings (SSSR count). The number of nitrogens with zero attached hydrogens (tertiary/aromatic N) is 5. The Hall–Kier alpha value is -3.69. The molecule has 1 aromatic carbocycles. The number of hydrogen-bond acceptors (Lipinski definition) is 5. The molecule has 0 atom stereocenters. The van der Waals surface area contributed by atoms with E-state index in [1.54, 1.807) is 30.5 Å². The molecule has 0 radical (unpaired) electrons. The van der Waals surface area contributed by atoms with Gasteiger partial charge in [-0.2, -0.15) is 10.4 Å². The van der Waals surface area contributed by atoms with E-state index in [-0.39, 0.29) is 0 Å². The van der Waals surface area contributed by atoms with Crippen molar-refractivity contribution in [2.24, 2.45) is 0 Å². The molecule has 0 aliphatic heterocycles. The molecular formula is C23H21ClN6. The lowest BCUT2D eigenvalue weighted by Crippen LogP contribution is -2.08. The largest absolute Gasteiger partial charge is 0.382 e. The van der Waals surface area contributed by atoms with Gasteiger partial charge in [-0.05, 0) is 31.5 Å². The molecule has 0 aliphatic rings. The van der Waals surface area contributed by atoms with Crippen molar-refractivity contribution in [3.05, 3.63) is 89.1 Å². The molecule has 0 aliphatic carbocycles. The first-order valence-corrected chi connectivity index (χ1v) is 9.58. The van der Waals surface area contributed by atoms with Gasteiger partial charge >= 0.3 is 0 Å². The summed E-state index contributed by atoms with van der Waals surface area (Å²) in [5, 5.41) is 14.0. The molecule has 150 valence electrons. The first kappa shape index (κ1) is 21.0. The number of allylic oxidation sites excluding steroid dienone is 4. The number of aromatic nitrogens is 4. The maximum atomic E-state index is 9.08. The standard InChI is InChI=1S/C23H21ClN6/c1-5-7-16(6-2)23-27-12-19(14(3)28-23)13-30-15(4)21(22(26)29-30)17-8-9-18(11-25)20(24)10-17/h5-10,12H,1-2,13H2,3-4H3,(H2,26,29)/b16-7+. The van der Waals surface area contributed by atoms with Crippen LogP contribution in [0.1, 0.15) is 28.3 Å². The molecule has 3 aromatic rings. The Kier molecular flexibility index (Phi) is 6.14. The minimum atomic E-state index is 0.381. The molecule has 7 heteroatoms. The number of nitrogens with two attached hydrogens (primary N) is 1. The highest BCUT2D eigenvalue weighted by Crippen LogP contribution is 2.32. The van der Waals surface area contributed by atoms with Crippen LogP contribution < -0.4 is 5.73 Å². The number of nitrogen functional groups attached to an aromatic ring is 1. The fraction of sp³-hybridized carbons (Fsp3) is 0.130. The average molecular weight is 417 g/mol. The zero-order valence-corrected chi connectivity index (χ0v) is 17.6. The molecule has 2 N–H and O–H groups in total. The van der Waals surface area contributed by atoms with Gasteiger partial charge in [-0.25, -0.2) is 9.97 Å². The summed E-state index contributed by atoms with van der Waals surface area (Å²) in [7, 11) is 0. The van der Waals surface area contributed by atoms with Crippen molar-refractivity contribution in [3.8, 4) is 17.2 Å². The number of aryl methyl sites for hydroxylation is 1. The number of nitriles is 1. The highest BCUT2D eigenvalue weighted by Gasteiger charge is 2.17. The molecule has 0 saturated carbocycles. The second-order valence-corrected chi connectivity index (χ2v) is 7.08. The van der Waals surface area contributed by atoms with Crippen LogP contribution in [-0.2, 0) is 6.54 Å². The smallest absolute Gasteiger partial charge is 0.159 e. The van der Waals surface area contributed by atoms with Gasteiger partial charge in [-0.3, -0.25) is 4.68 Å². The van der Waals surface area contributed by atoms with E-state index in [1.807, 2.05) is 30.7 Å². The molecule has 0 saturated heterocycles. The van der Waals surface area contributed by atoms with Gasteiger partial charge < -0.3 is 5.73 Å². The van der Waals surface area contributed by atoms with E-state index < -0.39 is 0 Å². The predicted octanol–water partition coefficient (Wildman–Crippen LogP) is 4.87. The van der Waals surface area contributed by atoms with Crippen LogP contribution in [0.3, 0.4) is 0 Å². The first-order chi connectivity index (χ1) is 14.4. The summed E-state index contributed by atoms with van der Waals surface area (Å²) in [6, 6.07) is 7.29. The highest BCUT2D eigenvalue weighted by molar-refractivity contribution is 6.32. The van der Waals surface area contributed by atoms with Crippen molar-refractivity contribution in [2.45, 2.75) is 20.4 Å². The Morgan fingerprint density at radius 1 is 1.33 bits per heavy atom. The summed E-state index contributed by atoms with van der Waals surface area (Å²) < 4.78 is 1.82. The van der Waals surface area contributed by atoms with E-state index >= 15 is 0 Å². The third kappa shape index (κ3) is 4.02. The summed E-state index contributed by atoms with van der Waals surface area (Å²) in [5.74, 6) is 0.988. The van der Waals surface area contributed by atoms with Crippen LogP contribution in [0.15, 0.2) is 55.8 Å². The third-order valence-electron chi connectivity index (χ3n) is 4.79. The van der Waals surface area contributed by atoms with Crippen LogP contribution in [-0.4, -0.2) is 19.7 Å². The van der Waals surface area contributed by atoms with Crippen LogP contribution in [0.25, 0.3) is 16.7 Å². The number of rotatable bonds is 6. The lowest BCUT2D eigenvalue weighted by molar-refractivity contribution is 0.660. The zero-order valence-electron chi connectivity index (χ0n) is 16.9. The topological polar surface area (TPSA) is 93.4 Å². The molecule has 2 heterocycles. The summed E-state index contributed by atoms with van der Waals surface area (Å²) in [4.78, 5) is 9.04. The highest BCUT2D eigenvalue weighted by atomic mass is 35.5. The Labute approximate surface area is 180 Å². The maximum Gasteiger partial charge on any atom is 0.159 e. The van der Waals surface area contributed by atoms with E-state index in [0.717, 1.165) is 33.7 Å². The van der Waals surface area contributed by atoms with Gasteiger partial charge in [-0.1, -0.05) is 49.1 Å². The normalized spacial score (nSPS) is 11.2. The van der Waals surface area contributed by atoms with Gasteiger partial charge in [0.1, 0.15) is 6.07 Å².